The maximum atomic E-state index is 12.9. The molecule has 180 valence electrons. The van der Waals surface area contributed by atoms with Crippen LogP contribution >= 0.6 is 11.3 Å². The lowest BCUT2D eigenvalue weighted by molar-refractivity contribution is -0.139. The average Bonchev–Trinajstić information content (AvgIpc) is 3.23. The van der Waals surface area contributed by atoms with Gasteiger partial charge in [0.2, 0.25) is 0 Å². The normalized spacial score (nSPS) is 12.3. The molecule has 0 saturated heterocycles. The lowest BCUT2D eigenvalue weighted by Crippen LogP contribution is -2.40. The molecule has 0 aliphatic carbocycles. The number of amides is 1. The molecule has 0 saturated carbocycles. The molecule has 0 fully saturated rings. The van der Waals surface area contributed by atoms with Crippen molar-refractivity contribution in [2.75, 3.05) is 5.32 Å². The number of carbonyl (C=O) groups is 2. The molecule has 1 atom stereocenters. The van der Waals surface area contributed by atoms with Crippen LogP contribution in [0.15, 0.2) is 66.7 Å². The van der Waals surface area contributed by atoms with Crippen molar-refractivity contribution in [3.63, 3.8) is 0 Å². The van der Waals surface area contributed by atoms with Gasteiger partial charge in [0.25, 0.3) is 5.91 Å². The molecule has 35 heavy (non-hydrogen) atoms. The first-order chi connectivity index (χ1) is 16.6. The minimum Gasteiger partial charge on any atom is -0.480 e. The standard InChI is InChI=1S/C25H20F3N3O3S/c1-2-19(23(33)34)30-22(32)16-5-3-14(4-6-16)15-7-10-18(11-8-15)29-24-31-20-12-9-17(25(26,27)28)13-21(20)35-24/h3-13,19H,2H2,1H3,(H,29,31)(H,30,32)(H,33,34)/t19-/m0/s1. The van der Waals surface area contributed by atoms with Gasteiger partial charge in [-0.05, 0) is 60.0 Å². The zero-order chi connectivity index (χ0) is 25.2. The molecule has 1 aromatic heterocycles. The highest BCUT2D eigenvalue weighted by atomic mass is 32.1. The Balaban J connectivity index is 1.44. The summed E-state index contributed by atoms with van der Waals surface area (Å²) in [5, 5.41) is 15.2. The molecule has 3 aromatic carbocycles. The van der Waals surface area contributed by atoms with E-state index in [1.54, 1.807) is 31.2 Å². The van der Waals surface area contributed by atoms with E-state index in [0.29, 0.717) is 20.9 Å². The van der Waals surface area contributed by atoms with Crippen LogP contribution in [0.3, 0.4) is 0 Å². The maximum absolute atomic E-state index is 12.9. The number of carboxylic acid groups (broad SMARTS) is 1. The van der Waals surface area contributed by atoms with Crippen LogP contribution < -0.4 is 10.6 Å². The fraction of sp³-hybridized carbons (Fsp3) is 0.160. The molecule has 0 bridgehead atoms. The maximum Gasteiger partial charge on any atom is 0.416 e. The van der Waals surface area contributed by atoms with E-state index in [-0.39, 0.29) is 6.42 Å². The van der Waals surface area contributed by atoms with Crippen molar-refractivity contribution in [3.8, 4) is 11.1 Å². The number of aliphatic carboxylic acids is 1. The molecule has 4 rings (SSSR count). The van der Waals surface area contributed by atoms with Gasteiger partial charge >= 0.3 is 12.1 Å². The Kier molecular flexibility index (Phi) is 6.74. The third-order valence-electron chi connectivity index (χ3n) is 5.34. The molecule has 3 N–H and O–H groups in total. The minimum absolute atomic E-state index is 0.283. The lowest BCUT2D eigenvalue weighted by Gasteiger charge is -2.12. The number of anilines is 2. The van der Waals surface area contributed by atoms with Crippen LogP contribution in [-0.2, 0) is 11.0 Å². The number of nitrogens with zero attached hydrogens (tertiary/aromatic N) is 1. The second-order valence-corrected chi connectivity index (χ2v) is 8.78. The predicted molar refractivity (Wildman–Crippen MR) is 129 cm³/mol. The van der Waals surface area contributed by atoms with E-state index in [9.17, 15) is 22.8 Å². The quantitative estimate of drug-likeness (QED) is 0.277. The van der Waals surface area contributed by atoms with Gasteiger partial charge in [-0.3, -0.25) is 4.79 Å². The molecule has 0 aliphatic heterocycles. The van der Waals surface area contributed by atoms with E-state index in [2.05, 4.69) is 15.6 Å². The van der Waals surface area contributed by atoms with Crippen molar-refractivity contribution >= 4 is 44.2 Å². The molecule has 0 radical (unpaired) electrons. The van der Waals surface area contributed by atoms with Crippen LogP contribution in [-0.4, -0.2) is 28.0 Å². The molecule has 0 aliphatic rings. The fourth-order valence-electron chi connectivity index (χ4n) is 3.42. The highest BCUT2D eigenvalue weighted by Crippen LogP contribution is 2.35. The van der Waals surface area contributed by atoms with Crippen LogP contribution in [0.2, 0.25) is 0 Å². The summed E-state index contributed by atoms with van der Waals surface area (Å²) < 4.78 is 39.2. The first-order valence-corrected chi connectivity index (χ1v) is 11.4. The minimum atomic E-state index is -4.40. The zero-order valence-corrected chi connectivity index (χ0v) is 19.2. The van der Waals surface area contributed by atoms with Crippen LogP contribution in [0.5, 0.6) is 0 Å². The van der Waals surface area contributed by atoms with Gasteiger partial charge in [-0.2, -0.15) is 13.2 Å². The predicted octanol–water partition coefficient (Wildman–Crippen LogP) is 6.32. The number of benzene rings is 3. The second kappa shape index (κ2) is 9.75. The lowest BCUT2D eigenvalue weighted by atomic mass is 10.0. The Morgan fingerprint density at radius 2 is 1.63 bits per heavy atom. The molecule has 6 nitrogen and oxygen atoms in total. The van der Waals surface area contributed by atoms with Gasteiger partial charge in [0.1, 0.15) is 6.04 Å². The molecule has 0 unspecified atom stereocenters. The second-order valence-electron chi connectivity index (χ2n) is 7.75. The van der Waals surface area contributed by atoms with Crippen molar-refractivity contribution in [1.29, 1.82) is 0 Å². The Morgan fingerprint density at radius 3 is 2.20 bits per heavy atom. The Bertz CT molecular complexity index is 1370. The van der Waals surface area contributed by atoms with Crippen molar-refractivity contribution in [2.24, 2.45) is 0 Å². The van der Waals surface area contributed by atoms with Crippen molar-refractivity contribution in [1.82, 2.24) is 10.3 Å². The first kappa shape index (κ1) is 24.2. The number of hydrogen-bond donors (Lipinski definition) is 3. The largest absolute Gasteiger partial charge is 0.480 e. The summed E-state index contributed by atoms with van der Waals surface area (Å²) in [4.78, 5) is 27.7. The summed E-state index contributed by atoms with van der Waals surface area (Å²) >= 11 is 1.14. The van der Waals surface area contributed by atoms with Crippen molar-refractivity contribution in [2.45, 2.75) is 25.6 Å². The SMILES string of the molecule is CC[C@H](NC(=O)c1ccc(-c2ccc(Nc3nc4ccc(C(F)(F)F)cc4s3)cc2)cc1)C(=O)O. The molecule has 1 amide bonds. The summed E-state index contributed by atoms with van der Waals surface area (Å²) in [5.41, 5.74) is 2.60. The van der Waals surface area contributed by atoms with Gasteiger partial charge in [-0.25, -0.2) is 9.78 Å². The van der Waals surface area contributed by atoms with Gasteiger partial charge in [-0.15, -0.1) is 0 Å². The van der Waals surface area contributed by atoms with Gasteiger partial charge in [0, 0.05) is 11.3 Å². The number of carboxylic acids is 1. The molecular weight excluding hydrogens is 479 g/mol. The summed E-state index contributed by atoms with van der Waals surface area (Å²) in [6.07, 6.45) is -4.12. The number of alkyl halides is 3. The van der Waals surface area contributed by atoms with Gasteiger partial charge < -0.3 is 15.7 Å². The van der Waals surface area contributed by atoms with Gasteiger partial charge in [0.15, 0.2) is 5.13 Å². The fourth-order valence-corrected chi connectivity index (χ4v) is 4.34. The highest BCUT2D eigenvalue weighted by molar-refractivity contribution is 7.22. The monoisotopic (exact) mass is 499 g/mol. The molecular formula is C25H20F3N3O3S. The number of hydrogen-bond acceptors (Lipinski definition) is 5. The van der Waals surface area contributed by atoms with Crippen LogP contribution in [0, 0.1) is 0 Å². The van der Waals surface area contributed by atoms with E-state index in [1.165, 1.54) is 6.07 Å². The Labute approximate surface area is 202 Å². The van der Waals surface area contributed by atoms with E-state index in [1.807, 2.05) is 24.3 Å². The summed E-state index contributed by atoms with van der Waals surface area (Å²) in [6.45, 7) is 1.68. The van der Waals surface area contributed by atoms with E-state index < -0.39 is 29.7 Å². The Hall–Kier alpha value is -3.92. The summed E-state index contributed by atoms with van der Waals surface area (Å²) in [6, 6.07) is 16.7. The summed E-state index contributed by atoms with van der Waals surface area (Å²) in [5.74, 6) is -1.54. The van der Waals surface area contributed by atoms with E-state index in [4.69, 9.17) is 5.11 Å². The van der Waals surface area contributed by atoms with Crippen molar-refractivity contribution in [3.05, 3.63) is 77.9 Å². The molecule has 10 heteroatoms. The number of carbonyl (C=O) groups excluding carboxylic acids is 1. The number of rotatable bonds is 7. The number of halogens is 3. The molecule has 4 aromatic rings. The Morgan fingerprint density at radius 1 is 1.00 bits per heavy atom. The highest BCUT2D eigenvalue weighted by Gasteiger charge is 2.30. The topological polar surface area (TPSA) is 91.3 Å². The molecule has 1 heterocycles. The summed E-state index contributed by atoms with van der Waals surface area (Å²) in [7, 11) is 0. The molecule has 0 spiro atoms. The van der Waals surface area contributed by atoms with E-state index >= 15 is 0 Å². The van der Waals surface area contributed by atoms with Crippen LogP contribution in [0.25, 0.3) is 21.3 Å². The van der Waals surface area contributed by atoms with E-state index in [0.717, 1.165) is 40.3 Å². The van der Waals surface area contributed by atoms with Gasteiger partial charge in [-0.1, -0.05) is 42.5 Å². The van der Waals surface area contributed by atoms with Crippen LogP contribution in [0.4, 0.5) is 24.0 Å². The smallest absolute Gasteiger partial charge is 0.416 e. The number of aromatic nitrogens is 1. The third kappa shape index (κ3) is 5.60. The van der Waals surface area contributed by atoms with Gasteiger partial charge in [0.05, 0.1) is 15.8 Å². The number of thiazole rings is 1. The number of nitrogens with one attached hydrogen (secondary N) is 2. The zero-order valence-electron chi connectivity index (χ0n) is 18.4. The van der Waals surface area contributed by atoms with Crippen molar-refractivity contribution < 1.29 is 27.9 Å². The third-order valence-corrected chi connectivity index (χ3v) is 6.28. The van der Waals surface area contributed by atoms with Crippen LogP contribution in [0.1, 0.15) is 29.3 Å². The first-order valence-electron chi connectivity index (χ1n) is 10.6. The number of fused-ring (bicyclic) bond motifs is 1. The average molecular weight is 500 g/mol.